The fourth-order valence-electron chi connectivity index (χ4n) is 2.96. The van der Waals surface area contributed by atoms with Crippen LogP contribution in [0.15, 0.2) is 0 Å². The number of hydrogen-bond acceptors (Lipinski definition) is 4. The average molecular weight is 299 g/mol. The third-order valence-corrected chi connectivity index (χ3v) is 6.05. The van der Waals surface area contributed by atoms with Gasteiger partial charge in [0.05, 0.1) is 6.54 Å². The molecule has 1 amide bonds. The van der Waals surface area contributed by atoms with Gasteiger partial charge in [-0.15, -0.1) is 0 Å². The van der Waals surface area contributed by atoms with Crippen LogP contribution in [0.2, 0.25) is 0 Å². The summed E-state index contributed by atoms with van der Waals surface area (Å²) < 4.78 is 0.456. The van der Waals surface area contributed by atoms with Crippen LogP contribution in [0.1, 0.15) is 32.6 Å². The molecule has 2 heterocycles. The molecule has 2 rings (SSSR count). The molecule has 4 nitrogen and oxygen atoms in total. The molecule has 1 unspecified atom stereocenters. The lowest BCUT2D eigenvalue weighted by Crippen LogP contribution is -2.48. The molecule has 0 saturated carbocycles. The van der Waals surface area contributed by atoms with Crippen LogP contribution >= 0.6 is 11.8 Å². The molecule has 0 aromatic heterocycles. The standard InChI is InChI=1S/C15H29N3OS/c1-15(7-4-10-20-15)12-16-13-5-8-18(9-6-13)11-14(19)17(2)3/h13,16H,4-12H2,1-3H3. The van der Waals surface area contributed by atoms with Crippen molar-refractivity contribution in [1.82, 2.24) is 15.1 Å². The maximum Gasteiger partial charge on any atom is 0.236 e. The lowest BCUT2D eigenvalue weighted by molar-refractivity contribution is -0.130. The number of likely N-dealkylation sites (tertiary alicyclic amines) is 1. The summed E-state index contributed by atoms with van der Waals surface area (Å²) in [5, 5.41) is 3.76. The minimum Gasteiger partial charge on any atom is -0.348 e. The van der Waals surface area contributed by atoms with Gasteiger partial charge < -0.3 is 10.2 Å². The van der Waals surface area contributed by atoms with Crippen LogP contribution in [0.4, 0.5) is 0 Å². The van der Waals surface area contributed by atoms with Crippen molar-refractivity contribution < 1.29 is 4.79 Å². The van der Waals surface area contributed by atoms with Gasteiger partial charge in [-0.2, -0.15) is 11.8 Å². The Hall–Kier alpha value is -0.260. The average Bonchev–Trinajstić information content (AvgIpc) is 2.85. The van der Waals surface area contributed by atoms with Gasteiger partial charge in [0.15, 0.2) is 0 Å². The summed E-state index contributed by atoms with van der Waals surface area (Å²) in [6.07, 6.45) is 5.05. The van der Waals surface area contributed by atoms with Gasteiger partial charge in [0.25, 0.3) is 0 Å². The largest absolute Gasteiger partial charge is 0.348 e. The van der Waals surface area contributed by atoms with E-state index in [9.17, 15) is 4.79 Å². The molecule has 1 atom stereocenters. The number of piperidine rings is 1. The van der Waals surface area contributed by atoms with Crippen molar-refractivity contribution in [2.45, 2.75) is 43.4 Å². The molecule has 2 fully saturated rings. The predicted molar refractivity (Wildman–Crippen MR) is 86.3 cm³/mol. The van der Waals surface area contributed by atoms with Crippen molar-refractivity contribution in [2.24, 2.45) is 0 Å². The highest BCUT2D eigenvalue weighted by Crippen LogP contribution is 2.37. The second kappa shape index (κ2) is 7.14. The summed E-state index contributed by atoms with van der Waals surface area (Å²) in [4.78, 5) is 15.7. The first-order valence-electron chi connectivity index (χ1n) is 7.78. The van der Waals surface area contributed by atoms with Gasteiger partial charge in [-0.25, -0.2) is 0 Å². The fourth-order valence-corrected chi connectivity index (χ4v) is 4.22. The molecular weight excluding hydrogens is 270 g/mol. The molecule has 0 aromatic rings. The molecule has 20 heavy (non-hydrogen) atoms. The highest BCUT2D eigenvalue weighted by molar-refractivity contribution is 8.00. The number of hydrogen-bond donors (Lipinski definition) is 1. The molecule has 2 aliphatic heterocycles. The van der Waals surface area contributed by atoms with Crippen LogP contribution < -0.4 is 5.32 Å². The summed E-state index contributed by atoms with van der Waals surface area (Å²) in [6, 6.07) is 0.638. The minimum atomic E-state index is 0.214. The first-order chi connectivity index (χ1) is 9.48. The van der Waals surface area contributed by atoms with Crippen LogP contribution in [0, 0.1) is 0 Å². The smallest absolute Gasteiger partial charge is 0.236 e. The van der Waals surface area contributed by atoms with Crippen LogP contribution in [0.3, 0.4) is 0 Å². The molecule has 0 spiro atoms. The van der Waals surface area contributed by atoms with Crippen molar-refractivity contribution >= 4 is 17.7 Å². The second-order valence-electron chi connectivity index (χ2n) is 6.62. The molecule has 2 aliphatic rings. The van der Waals surface area contributed by atoms with Gasteiger partial charge in [-0.05, 0) is 38.4 Å². The lowest BCUT2D eigenvalue weighted by Gasteiger charge is -2.34. The molecule has 5 heteroatoms. The molecule has 0 aromatic carbocycles. The molecule has 2 saturated heterocycles. The monoisotopic (exact) mass is 299 g/mol. The molecule has 0 bridgehead atoms. The Balaban J connectivity index is 1.65. The minimum absolute atomic E-state index is 0.214. The number of nitrogens with one attached hydrogen (secondary N) is 1. The van der Waals surface area contributed by atoms with Gasteiger partial charge in [0.1, 0.15) is 0 Å². The van der Waals surface area contributed by atoms with E-state index in [1.165, 1.54) is 31.4 Å². The van der Waals surface area contributed by atoms with Gasteiger partial charge >= 0.3 is 0 Å². The van der Waals surface area contributed by atoms with E-state index in [1.54, 1.807) is 4.90 Å². The number of amides is 1. The zero-order valence-corrected chi connectivity index (χ0v) is 14.0. The Morgan fingerprint density at radius 2 is 2.10 bits per heavy atom. The van der Waals surface area contributed by atoms with E-state index in [2.05, 4.69) is 28.9 Å². The number of thioether (sulfide) groups is 1. The van der Waals surface area contributed by atoms with Gasteiger partial charge in [-0.3, -0.25) is 9.69 Å². The molecule has 116 valence electrons. The zero-order valence-electron chi connectivity index (χ0n) is 13.2. The predicted octanol–water partition coefficient (Wildman–Crippen LogP) is 1.41. The summed E-state index contributed by atoms with van der Waals surface area (Å²) in [5.41, 5.74) is 0. The fraction of sp³-hybridized carbons (Fsp3) is 0.933. The van der Waals surface area contributed by atoms with Crippen LogP contribution in [0.25, 0.3) is 0 Å². The van der Waals surface area contributed by atoms with Gasteiger partial charge in [0.2, 0.25) is 5.91 Å². The molecule has 1 N–H and O–H groups in total. The van der Waals surface area contributed by atoms with Crippen molar-refractivity contribution in [1.29, 1.82) is 0 Å². The molecule has 0 aliphatic carbocycles. The Labute approximate surface area is 127 Å². The number of rotatable bonds is 5. The highest BCUT2D eigenvalue weighted by Gasteiger charge is 2.30. The number of nitrogens with zero attached hydrogens (tertiary/aromatic N) is 2. The van der Waals surface area contributed by atoms with E-state index in [-0.39, 0.29) is 5.91 Å². The quantitative estimate of drug-likeness (QED) is 0.833. The zero-order chi connectivity index (χ0) is 14.6. The van der Waals surface area contributed by atoms with Gasteiger partial charge in [0, 0.05) is 44.5 Å². The normalized spacial score (nSPS) is 28.8. The van der Waals surface area contributed by atoms with Gasteiger partial charge in [-0.1, -0.05) is 0 Å². The van der Waals surface area contributed by atoms with E-state index in [1.807, 2.05) is 14.1 Å². The Morgan fingerprint density at radius 1 is 1.40 bits per heavy atom. The van der Waals surface area contributed by atoms with E-state index >= 15 is 0 Å². The van der Waals surface area contributed by atoms with Crippen LogP contribution in [0.5, 0.6) is 0 Å². The SMILES string of the molecule is CN(C)C(=O)CN1CCC(NCC2(C)CCCS2)CC1. The summed E-state index contributed by atoms with van der Waals surface area (Å²) in [6.45, 7) is 6.19. The summed E-state index contributed by atoms with van der Waals surface area (Å²) in [5.74, 6) is 1.54. The Kier molecular flexibility index (Phi) is 5.75. The third kappa shape index (κ3) is 4.64. The van der Waals surface area contributed by atoms with Crippen molar-refractivity contribution in [3.05, 3.63) is 0 Å². The second-order valence-corrected chi connectivity index (χ2v) is 8.30. The van der Waals surface area contributed by atoms with Crippen LogP contribution in [-0.4, -0.2) is 72.5 Å². The molecule has 0 radical (unpaired) electrons. The van der Waals surface area contributed by atoms with E-state index in [0.717, 1.165) is 19.6 Å². The highest BCUT2D eigenvalue weighted by atomic mass is 32.2. The third-order valence-electron chi connectivity index (χ3n) is 4.51. The number of carbonyl (C=O) groups excluding carboxylic acids is 1. The lowest BCUT2D eigenvalue weighted by atomic mass is 10.0. The van der Waals surface area contributed by atoms with E-state index < -0.39 is 0 Å². The molecular formula is C15H29N3OS. The summed E-state index contributed by atoms with van der Waals surface area (Å²) in [7, 11) is 3.66. The maximum atomic E-state index is 11.7. The van der Waals surface area contributed by atoms with Crippen molar-refractivity contribution in [3.8, 4) is 0 Å². The first-order valence-corrected chi connectivity index (χ1v) is 8.77. The van der Waals surface area contributed by atoms with E-state index in [0.29, 0.717) is 17.3 Å². The number of carbonyl (C=O) groups is 1. The number of likely N-dealkylation sites (N-methyl/N-ethyl adjacent to an activating group) is 1. The maximum absolute atomic E-state index is 11.7. The Morgan fingerprint density at radius 3 is 2.65 bits per heavy atom. The van der Waals surface area contributed by atoms with Crippen molar-refractivity contribution in [3.63, 3.8) is 0 Å². The summed E-state index contributed by atoms with van der Waals surface area (Å²) >= 11 is 2.12. The van der Waals surface area contributed by atoms with E-state index in [4.69, 9.17) is 0 Å². The first kappa shape index (κ1) is 16.1. The van der Waals surface area contributed by atoms with Crippen molar-refractivity contribution in [2.75, 3.05) is 46.0 Å². The Bertz CT molecular complexity index is 321. The van der Waals surface area contributed by atoms with Crippen LogP contribution in [-0.2, 0) is 4.79 Å². The topological polar surface area (TPSA) is 35.6 Å².